The molecule has 0 amide bonds. The van der Waals surface area contributed by atoms with Gasteiger partial charge in [-0.1, -0.05) is 24.8 Å². The van der Waals surface area contributed by atoms with Crippen LogP contribution in [0.15, 0.2) is 37.3 Å². The lowest BCUT2D eigenvalue weighted by Gasteiger charge is -2.09. The molecule has 2 nitrogen and oxygen atoms in total. The van der Waals surface area contributed by atoms with E-state index >= 15 is 0 Å². The molecule has 1 aromatic heterocycles. The van der Waals surface area contributed by atoms with E-state index in [0.29, 0.717) is 0 Å². The Morgan fingerprint density at radius 3 is 2.80 bits per heavy atom. The van der Waals surface area contributed by atoms with Gasteiger partial charge in [0.15, 0.2) is 0 Å². The summed E-state index contributed by atoms with van der Waals surface area (Å²) in [6, 6.07) is 6.25. The average molecular weight is 198 g/mol. The molecule has 0 saturated heterocycles. The van der Waals surface area contributed by atoms with E-state index in [1.807, 2.05) is 0 Å². The highest BCUT2D eigenvalue weighted by Crippen LogP contribution is 2.24. The number of aromatic amines is 1. The first-order chi connectivity index (χ1) is 7.20. The summed E-state index contributed by atoms with van der Waals surface area (Å²) in [5.74, 6) is 0. The van der Waals surface area contributed by atoms with Gasteiger partial charge in [-0.25, -0.2) is 4.98 Å². The van der Waals surface area contributed by atoms with Crippen molar-refractivity contribution in [3.05, 3.63) is 59.7 Å². The van der Waals surface area contributed by atoms with E-state index in [2.05, 4.69) is 48.6 Å². The first kappa shape index (κ1) is 9.71. The van der Waals surface area contributed by atoms with E-state index in [1.165, 1.54) is 16.7 Å². The maximum absolute atomic E-state index is 4.10. The highest BCUT2D eigenvalue weighted by atomic mass is 14.9. The van der Waals surface area contributed by atoms with Crippen molar-refractivity contribution >= 4 is 5.57 Å². The Bertz CT molecular complexity index is 481. The second-order valence-electron chi connectivity index (χ2n) is 3.69. The Balaban J connectivity index is 2.47. The molecule has 0 bridgehead atoms. The molecule has 0 aliphatic carbocycles. The molecular formula is C13H14N2. The van der Waals surface area contributed by atoms with Crippen LogP contribution in [0.1, 0.15) is 22.4 Å². The molecule has 1 aromatic carbocycles. The fraction of sp³-hybridized carbons (Fsp3) is 0.154. The van der Waals surface area contributed by atoms with Gasteiger partial charge in [-0.05, 0) is 36.1 Å². The lowest BCUT2D eigenvalue weighted by Crippen LogP contribution is -1.92. The highest BCUT2D eigenvalue weighted by molar-refractivity contribution is 5.78. The van der Waals surface area contributed by atoms with Crippen molar-refractivity contribution in [2.24, 2.45) is 0 Å². The minimum atomic E-state index is 0.976. The molecule has 0 atom stereocenters. The molecule has 76 valence electrons. The third-order valence-corrected chi connectivity index (χ3v) is 2.75. The number of imidazole rings is 1. The zero-order valence-corrected chi connectivity index (χ0v) is 9.04. The fourth-order valence-corrected chi connectivity index (χ4v) is 1.64. The largest absolute Gasteiger partial charge is 0.345 e. The molecule has 15 heavy (non-hydrogen) atoms. The third kappa shape index (κ3) is 1.71. The van der Waals surface area contributed by atoms with Crippen LogP contribution in [0.5, 0.6) is 0 Å². The number of nitrogens with zero attached hydrogens (tertiary/aromatic N) is 1. The molecule has 0 saturated carbocycles. The summed E-state index contributed by atoms with van der Waals surface area (Å²) in [7, 11) is 0. The molecule has 2 heteroatoms. The van der Waals surface area contributed by atoms with Crippen molar-refractivity contribution < 1.29 is 0 Å². The Hall–Kier alpha value is -1.83. The van der Waals surface area contributed by atoms with Crippen molar-refractivity contribution in [3.8, 4) is 0 Å². The molecule has 0 unspecified atom stereocenters. The van der Waals surface area contributed by atoms with Crippen LogP contribution in [0.25, 0.3) is 5.57 Å². The van der Waals surface area contributed by atoms with Crippen molar-refractivity contribution in [2.45, 2.75) is 13.8 Å². The number of aromatic nitrogens is 2. The molecule has 2 aromatic rings. The first-order valence-electron chi connectivity index (χ1n) is 4.94. The number of benzene rings is 1. The van der Waals surface area contributed by atoms with Crippen LogP contribution in [-0.2, 0) is 0 Å². The molecule has 0 aliphatic heterocycles. The first-order valence-corrected chi connectivity index (χ1v) is 4.94. The molecule has 0 radical (unpaired) electrons. The minimum Gasteiger partial charge on any atom is -0.345 e. The molecule has 0 fully saturated rings. The summed E-state index contributed by atoms with van der Waals surface area (Å²) >= 11 is 0. The molecule has 1 heterocycles. The number of H-pyrrole nitrogens is 1. The van der Waals surface area contributed by atoms with Gasteiger partial charge in [0.25, 0.3) is 0 Å². The number of nitrogens with one attached hydrogen (secondary N) is 1. The third-order valence-electron chi connectivity index (χ3n) is 2.75. The summed E-state index contributed by atoms with van der Waals surface area (Å²) in [5, 5.41) is 0. The van der Waals surface area contributed by atoms with E-state index < -0.39 is 0 Å². The van der Waals surface area contributed by atoms with E-state index in [-0.39, 0.29) is 0 Å². The van der Waals surface area contributed by atoms with Crippen LogP contribution in [-0.4, -0.2) is 9.97 Å². The van der Waals surface area contributed by atoms with Crippen LogP contribution >= 0.6 is 0 Å². The van der Waals surface area contributed by atoms with Gasteiger partial charge < -0.3 is 4.98 Å². The monoisotopic (exact) mass is 198 g/mol. The number of hydrogen-bond donors (Lipinski definition) is 1. The average Bonchev–Trinajstić information content (AvgIpc) is 2.74. The molecule has 0 aliphatic rings. The lowest BCUT2D eigenvalue weighted by atomic mass is 9.96. The zero-order chi connectivity index (χ0) is 10.8. The lowest BCUT2D eigenvalue weighted by molar-refractivity contribution is 1.28. The summed E-state index contributed by atoms with van der Waals surface area (Å²) in [4.78, 5) is 7.08. The summed E-state index contributed by atoms with van der Waals surface area (Å²) in [6.45, 7) is 8.33. The van der Waals surface area contributed by atoms with Crippen molar-refractivity contribution in [2.75, 3.05) is 0 Å². The molecule has 0 spiro atoms. The summed E-state index contributed by atoms with van der Waals surface area (Å²) in [5.41, 5.74) is 5.71. The predicted octanol–water partition coefficient (Wildman–Crippen LogP) is 3.09. The smallest absolute Gasteiger partial charge is 0.0924 e. The van der Waals surface area contributed by atoms with E-state index in [1.54, 1.807) is 12.5 Å². The predicted molar refractivity (Wildman–Crippen MR) is 62.6 cm³/mol. The fourth-order valence-electron chi connectivity index (χ4n) is 1.64. The van der Waals surface area contributed by atoms with Gasteiger partial charge in [-0.3, -0.25) is 0 Å². The summed E-state index contributed by atoms with van der Waals surface area (Å²) < 4.78 is 0. The second kappa shape index (κ2) is 3.73. The van der Waals surface area contributed by atoms with Crippen LogP contribution in [0, 0.1) is 13.8 Å². The van der Waals surface area contributed by atoms with Gasteiger partial charge in [0.2, 0.25) is 0 Å². The Kier molecular flexibility index (Phi) is 2.42. The topological polar surface area (TPSA) is 28.7 Å². The van der Waals surface area contributed by atoms with E-state index in [9.17, 15) is 0 Å². The second-order valence-corrected chi connectivity index (χ2v) is 3.69. The maximum Gasteiger partial charge on any atom is 0.0924 e. The Morgan fingerprint density at radius 2 is 2.13 bits per heavy atom. The SMILES string of the molecule is C=C(c1cnc[nH]1)c1cccc(C)c1C. The number of aryl methyl sites for hydroxylation is 1. The van der Waals surface area contributed by atoms with Gasteiger partial charge in [-0.2, -0.15) is 0 Å². The highest BCUT2D eigenvalue weighted by Gasteiger charge is 2.07. The van der Waals surface area contributed by atoms with Crippen LogP contribution in [0.2, 0.25) is 0 Å². The molecule has 1 N–H and O–H groups in total. The van der Waals surface area contributed by atoms with E-state index in [4.69, 9.17) is 0 Å². The van der Waals surface area contributed by atoms with Crippen molar-refractivity contribution in [1.29, 1.82) is 0 Å². The van der Waals surface area contributed by atoms with Gasteiger partial charge in [0.05, 0.1) is 18.2 Å². The van der Waals surface area contributed by atoms with Gasteiger partial charge in [0, 0.05) is 0 Å². The van der Waals surface area contributed by atoms with Gasteiger partial charge >= 0.3 is 0 Å². The summed E-state index contributed by atoms with van der Waals surface area (Å²) in [6.07, 6.45) is 3.47. The standard InChI is InChI=1S/C13H14N2/c1-9-5-4-6-12(10(9)2)11(3)13-7-14-8-15-13/h4-8H,3H2,1-2H3,(H,14,15). The van der Waals surface area contributed by atoms with Crippen LogP contribution in [0.3, 0.4) is 0 Å². The number of rotatable bonds is 2. The Morgan fingerprint density at radius 1 is 1.33 bits per heavy atom. The number of hydrogen-bond acceptors (Lipinski definition) is 1. The molecule has 2 rings (SSSR count). The quantitative estimate of drug-likeness (QED) is 0.789. The van der Waals surface area contributed by atoms with Crippen molar-refractivity contribution in [3.63, 3.8) is 0 Å². The maximum atomic E-state index is 4.10. The minimum absolute atomic E-state index is 0.976. The normalized spacial score (nSPS) is 10.3. The van der Waals surface area contributed by atoms with Crippen LogP contribution < -0.4 is 0 Å². The van der Waals surface area contributed by atoms with Crippen LogP contribution in [0.4, 0.5) is 0 Å². The van der Waals surface area contributed by atoms with E-state index in [0.717, 1.165) is 11.3 Å². The zero-order valence-electron chi connectivity index (χ0n) is 9.04. The van der Waals surface area contributed by atoms with Crippen molar-refractivity contribution in [1.82, 2.24) is 9.97 Å². The Labute approximate surface area is 89.7 Å². The molecular weight excluding hydrogens is 184 g/mol. The van der Waals surface area contributed by atoms with Gasteiger partial charge in [-0.15, -0.1) is 0 Å². The van der Waals surface area contributed by atoms with Gasteiger partial charge in [0.1, 0.15) is 0 Å².